The first-order chi connectivity index (χ1) is 9.60. The Bertz CT molecular complexity index is 575. The van der Waals surface area contributed by atoms with E-state index >= 15 is 0 Å². The largest absolute Gasteiger partial charge is 0.461 e. The van der Waals surface area contributed by atoms with Crippen LogP contribution in [0.25, 0.3) is 10.8 Å². The molecule has 6 heteroatoms. The number of aryl methyl sites for hydroxylation is 1. The molecule has 2 aromatic heterocycles. The number of aromatic nitrogens is 1. The highest BCUT2D eigenvalue weighted by Crippen LogP contribution is 2.25. The Morgan fingerprint density at radius 1 is 1.50 bits per heavy atom. The number of esters is 1. The van der Waals surface area contributed by atoms with E-state index in [2.05, 4.69) is 4.98 Å². The van der Waals surface area contributed by atoms with Crippen LogP contribution in [-0.2, 0) is 9.47 Å². The summed E-state index contributed by atoms with van der Waals surface area (Å²) in [6.07, 6.45) is 0.733. The van der Waals surface area contributed by atoms with E-state index in [0.717, 1.165) is 5.76 Å². The summed E-state index contributed by atoms with van der Waals surface area (Å²) in [5.74, 6) is 1.06. The van der Waals surface area contributed by atoms with Gasteiger partial charge in [-0.3, -0.25) is 0 Å². The molecule has 0 aliphatic carbocycles. The van der Waals surface area contributed by atoms with Gasteiger partial charge in [-0.25, -0.2) is 9.78 Å². The number of furan rings is 1. The van der Waals surface area contributed by atoms with E-state index in [9.17, 15) is 4.79 Å². The third-order valence-corrected chi connectivity index (χ3v) is 3.68. The summed E-state index contributed by atoms with van der Waals surface area (Å²) in [4.78, 5) is 16.0. The van der Waals surface area contributed by atoms with Gasteiger partial charge in [0.15, 0.2) is 16.5 Å². The van der Waals surface area contributed by atoms with Crippen LogP contribution in [0.3, 0.4) is 0 Å². The van der Waals surface area contributed by atoms with Gasteiger partial charge in [0.05, 0.1) is 12.7 Å². The van der Waals surface area contributed by atoms with Gasteiger partial charge in [0.25, 0.3) is 0 Å². The number of methoxy groups -OCH3 is 1. The number of hydrogen-bond donors (Lipinski definition) is 0. The zero-order chi connectivity index (χ0) is 14.5. The van der Waals surface area contributed by atoms with Gasteiger partial charge in [-0.2, -0.15) is 0 Å². The van der Waals surface area contributed by atoms with Crippen molar-refractivity contribution in [2.45, 2.75) is 26.4 Å². The van der Waals surface area contributed by atoms with Gasteiger partial charge < -0.3 is 13.9 Å². The molecule has 0 amide bonds. The molecular weight excluding hydrogens is 278 g/mol. The first kappa shape index (κ1) is 14.7. The van der Waals surface area contributed by atoms with Crippen molar-refractivity contribution in [1.29, 1.82) is 0 Å². The van der Waals surface area contributed by atoms with Crippen LogP contribution in [0.4, 0.5) is 0 Å². The molecule has 0 bridgehead atoms. The van der Waals surface area contributed by atoms with Crippen molar-refractivity contribution >= 4 is 17.3 Å². The minimum absolute atomic E-state index is 0.0693. The minimum Gasteiger partial charge on any atom is -0.461 e. The fourth-order valence-corrected chi connectivity index (χ4v) is 2.29. The molecule has 1 atom stereocenters. The zero-order valence-corrected chi connectivity index (χ0v) is 12.5. The van der Waals surface area contributed by atoms with Crippen molar-refractivity contribution < 1.29 is 18.7 Å². The number of carbonyl (C=O) groups excluding carboxylic acids is 1. The van der Waals surface area contributed by atoms with Crippen LogP contribution < -0.4 is 0 Å². The van der Waals surface area contributed by atoms with Gasteiger partial charge in [0, 0.05) is 18.9 Å². The second-order valence-corrected chi connectivity index (χ2v) is 5.28. The van der Waals surface area contributed by atoms with Crippen molar-refractivity contribution in [3.05, 3.63) is 29.0 Å². The Morgan fingerprint density at radius 3 is 2.95 bits per heavy atom. The number of rotatable bonds is 6. The summed E-state index contributed by atoms with van der Waals surface area (Å²) in [5.41, 5.74) is 0.309. The van der Waals surface area contributed by atoms with Gasteiger partial charge in [-0.1, -0.05) is 0 Å². The highest BCUT2D eigenvalue weighted by atomic mass is 32.1. The first-order valence-corrected chi connectivity index (χ1v) is 7.20. The maximum atomic E-state index is 11.8. The van der Waals surface area contributed by atoms with Crippen LogP contribution in [0, 0.1) is 6.92 Å². The second kappa shape index (κ2) is 6.67. The molecule has 5 nitrogen and oxygen atoms in total. The van der Waals surface area contributed by atoms with Crippen LogP contribution >= 0.6 is 11.3 Å². The summed E-state index contributed by atoms with van der Waals surface area (Å²) in [6.45, 7) is 4.11. The lowest BCUT2D eigenvalue weighted by Gasteiger charge is -2.08. The Labute approximate surface area is 121 Å². The molecule has 108 valence electrons. The summed E-state index contributed by atoms with van der Waals surface area (Å²) in [6, 6.07) is 3.70. The Hall–Kier alpha value is -1.66. The lowest BCUT2D eigenvalue weighted by atomic mass is 10.3. The van der Waals surface area contributed by atoms with E-state index < -0.39 is 5.97 Å². The van der Waals surface area contributed by atoms with E-state index in [1.807, 2.05) is 26.0 Å². The Kier molecular flexibility index (Phi) is 4.92. The van der Waals surface area contributed by atoms with Crippen LogP contribution in [0.5, 0.6) is 0 Å². The summed E-state index contributed by atoms with van der Waals surface area (Å²) >= 11 is 1.36. The van der Waals surface area contributed by atoms with E-state index in [0.29, 0.717) is 29.5 Å². The van der Waals surface area contributed by atoms with Gasteiger partial charge in [0.1, 0.15) is 5.76 Å². The highest BCUT2D eigenvalue weighted by molar-refractivity contribution is 7.13. The number of carbonyl (C=O) groups is 1. The molecule has 0 aliphatic rings. The normalized spacial score (nSPS) is 12.3. The molecule has 0 saturated carbocycles. The van der Waals surface area contributed by atoms with Crippen molar-refractivity contribution in [2.75, 3.05) is 13.7 Å². The molecule has 0 spiro atoms. The van der Waals surface area contributed by atoms with Crippen LogP contribution in [0.15, 0.2) is 21.9 Å². The van der Waals surface area contributed by atoms with Crippen molar-refractivity contribution in [1.82, 2.24) is 4.98 Å². The smallest absolute Gasteiger partial charge is 0.357 e. The van der Waals surface area contributed by atoms with Crippen LogP contribution in [0.1, 0.15) is 29.6 Å². The van der Waals surface area contributed by atoms with Crippen molar-refractivity contribution in [2.24, 2.45) is 0 Å². The molecule has 2 heterocycles. The molecule has 0 N–H and O–H groups in total. The van der Waals surface area contributed by atoms with Crippen LogP contribution in [0.2, 0.25) is 0 Å². The van der Waals surface area contributed by atoms with Crippen molar-refractivity contribution in [3.8, 4) is 10.8 Å². The molecule has 0 aromatic carbocycles. The number of thiazole rings is 1. The summed E-state index contributed by atoms with van der Waals surface area (Å²) < 4.78 is 15.7. The predicted octanol–water partition coefficient (Wildman–Crippen LogP) is 3.29. The number of nitrogens with zero attached hydrogens (tertiary/aromatic N) is 1. The third kappa shape index (κ3) is 3.68. The number of hydrogen-bond acceptors (Lipinski definition) is 6. The van der Waals surface area contributed by atoms with E-state index in [-0.39, 0.29) is 6.10 Å². The van der Waals surface area contributed by atoms with Crippen molar-refractivity contribution in [3.63, 3.8) is 0 Å². The second-order valence-electron chi connectivity index (χ2n) is 4.42. The monoisotopic (exact) mass is 295 g/mol. The average molecular weight is 295 g/mol. The topological polar surface area (TPSA) is 61.6 Å². The van der Waals surface area contributed by atoms with E-state index in [1.165, 1.54) is 11.3 Å². The summed E-state index contributed by atoms with van der Waals surface area (Å²) in [7, 11) is 1.63. The molecular formula is C14H17NO4S. The van der Waals surface area contributed by atoms with Gasteiger partial charge in [-0.05, 0) is 26.0 Å². The van der Waals surface area contributed by atoms with Gasteiger partial charge in [-0.15, -0.1) is 11.3 Å². The summed E-state index contributed by atoms with van der Waals surface area (Å²) in [5, 5.41) is 2.35. The molecule has 2 rings (SSSR count). The Morgan fingerprint density at radius 2 is 2.30 bits per heavy atom. The van der Waals surface area contributed by atoms with E-state index in [1.54, 1.807) is 12.5 Å². The first-order valence-electron chi connectivity index (χ1n) is 6.32. The molecule has 0 radical (unpaired) electrons. The average Bonchev–Trinajstić information content (AvgIpc) is 3.06. The molecule has 0 aliphatic heterocycles. The lowest BCUT2D eigenvalue weighted by Crippen LogP contribution is -2.13. The van der Waals surface area contributed by atoms with Gasteiger partial charge in [0.2, 0.25) is 0 Å². The van der Waals surface area contributed by atoms with E-state index in [4.69, 9.17) is 13.9 Å². The predicted molar refractivity (Wildman–Crippen MR) is 75.9 cm³/mol. The molecule has 20 heavy (non-hydrogen) atoms. The molecule has 2 aromatic rings. The lowest BCUT2D eigenvalue weighted by molar-refractivity contribution is 0.0386. The van der Waals surface area contributed by atoms with Crippen LogP contribution in [-0.4, -0.2) is 30.8 Å². The molecule has 0 fully saturated rings. The fourth-order valence-electron chi connectivity index (χ4n) is 1.54. The standard InChI is InChI=1S/C14H17NO4S/c1-9(17-3)6-7-18-14(16)11-8-20-13(15-11)12-5-4-10(2)19-12/h4-5,8-9H,6-7H2,1-3H3. The maximum absolute atomic E-state index is 11.8. The fraction of sp³-hybridized carbons (Fsp3) is 0.429. The zero-order valence-electron chi connectivity index (χ0n) is 11.7. The third-order valence-electron chi connectivity index (χ3n) is 2.82. The maximum Gasteiger partial charge on any atom is 0.357 e. The minimum atomic E-state index is -0.418. The molecule has 0 saturated heterocycles. The van der Waals surface area contributed by atoms with Gasteiger partial charge >= 0.3 is 5.97 Å². The Balaban J connectivity index is 1.93. The molecule has 1 unspecified atom stereocenters. The number of ether oxygens (including phenoxy) is 2. The SMILES string of the molecule is COC(C)CCOC(=O)c1csc(-c2ccc(C)o2)n1. The highest BCUT2D eigenvalue weighted by Gasteiger charge is 2.15. The quantitative estimate of drug-likeness (QED) is 0.765.